The van der Waals surface area contributed by atoms with Crippen molar-refractivity contribution in [3.63, 3.8) is 0 Å². The number of benzene rings is 1. The maximum atomic E-state index is 14.9. The van der Waals surface area contributed by atoms with Gasteiger partial charge in [0.25, 0.3) is 0 Å². The molecule has 1 aromatic carbocycles. The van der Waals surface area contributed by atoms with Gasteiger partial charge in [0.15, 0.2) is 18.3 Å². The number of likely N-dealkylation sites (tertiary alicyclic amines) is 1. The molecule has 0 N–H and O–H groups in total. The largest absolute Gasteiger partial charge is 0.486 e. The molecule has 1 fully saturated rings. The second-order valence-electron chi connectivity index (χ2n) is 11.5. The highest BCUT2D eigenvalue weighted by molar-refractivity contribution is 6.76. The molecule has 1 amide bonds. The molecule has 4 rings (SSSR count). The molecule has 0 radical (unpaired) electrons. The molecule has 0 aliphatic carbocycles. The fourth-order valence-corrected chi connectivity index (χ4v) is 5.08. The first-order valence-electron chi connectivity index (χ1n) is 13.7. The third kappa shape index (κ3) is 8.11. The van der Waals surface area contributed by atoms with Crippen molar-refractivity contribution in [3.8, 4) is 23.2 Å². The molecule has 3 heterocycles. The van der Waals surface area contributed by atoms with Gasteiger partial charge < -0.3 is 19.1 Å². The van der Waals surface area contributed by atoms with Crippen molar-refractivity contribution >= 4 is 14.2 Å². The summed E-state index contributed by atoms with van der Waals surface area (Å²) in [7, 11) is -1.19. The van der Waals surface area contributed by atoms with Gasteiger partial charge in [0.05, 0.1) is 18.3 Å². The number of ether oxygens (including phenoxy) is 3. The van der Waals surface area contributed by atoms with Crippen molar-refractivity contribution in [3.05, 3.63) is 41.5 Å². The van der Waals surface area contributed by atoms with E-state index in [0.717, 1.165) is 6.04 Å². The molecule has 1 saturated heterocycles. The topological polar surface area (TPSA) is 133 Å². The fraction of sp³-hybridized carbons (Fsp3) is 0.556. The first kappa shape index (κ1) is 30.1. The Morgan fingerprint density at radius 2 is 2.00 bits per heavy atom. The summed E-state index contributed by atoms with van der Waals surface area (Å²) in [6, 6.07) is 7.63. The highest BCUT2D eigenvalue weighted by atomic mass is 28.3. The van der Waals surface area contributed by atoms with Gasteiger partial charge in [-0.15, -0.1) is 15.0 Å². The number of nitriles is 1. The summed E-state index contributed by atoms with van der Waals surface area (Å²) in [5, 5.41) is 26.5. The van der Waals surface area contributed by atoms with Crippen LogP contribution in [0.15, 0.2) is 24.4 Å². The number of hydrogen-bond acceptors (Lipinski definition) is 9. The van der Waals surface area contributed by atoms with Crippen LogP contribution in [0.1, 0.15) is 44.0 Å². The van der Waals surface area contributed by atoms with Gasteiger partial charge in [-0.25, -0.2) is 9.18 Å². The summed E-state index contributed by atoms with van der Waals surface area (Å²) in [6.45, 7) is 12.3. The molecular formula is C27H37FN8O4Si. The van der Waals surface area contributed by atoms with Crippen LogP contribution in [-0.2, 0) is 22.8 Å². The fourth-order valence-electron chi connectivity index (χ4n) is 4.32. The quantitative estimate of drug-likeness (QED) is 0.234. The van der Waals surface area contributed by atoms with Crippen LogP contribution in [0.3, 0.4) is 0 Å². The Kier molecular flexibility index (Phi) is 9.72. The molecule has 0 spiro atoms. The second kappa shape index (κ2) is 13.2. The predicted molar refractivity (Wildman–Crippen MR) is 150 cm³/mol. The number of carbonyl (C=O) groups is 1. The van der Waals surface area contributed by atoms with E-state index >= 15 is 0 Å². The van der Waals surface area contributed by atoms with E-state index in [-0.39, 0.29) is 43.2 Å². The molecule has 3 aromatic rings. The van der Waals surface area contributed by atoms with Crippen LogP contribution in [0.2, 0.25) is 25.7 Å². The molecule has 0 saturated carbocycles. The number of nitrogens with zero attached hydrogens (tertiary/aromatic N) is 8. The molecule has 1 aliphatic heterocycles. The second-order valence-corrected chi connectivity index (χ2v) is 17.1. The molecule has 0 bridgehead atoms. The number of piperidine rings is 1. The smallest absolute Gasteiger partial charge is 0.410 e. The number of aromatic nitrogens is 6. The normalized spacial score (nSPS) is 14.3. The van der Waals surface area contributed by atoms with Crippen molar-refractivity contribution in [2.75, 3.05) is 19.7 Å². The summed E-state index contributed by atoms with van der Waals surface area (Å²) in [5.41, 5.74) is 1.37. The van der Waals surface area contributed by atoms with Gasteiger partial charge in [0, 0.05) is 38.9 Å². The van der Waals surface area contributed by atoms with Gasteiger partial charge in [0.1, 0.15) is 18.4 Å². The Morgan fingerprint density at radius 1 is 1.24 bits per heavy atom. The Bertz CT molecular complexity index is 1370. The van der Waals surface area contributed by atoms with Crippen LogP contribution < -0.4 is 4.74 Å². The minimum absolute atomic E-state index is 0.0259. The van der Waals surface area contributed by atoms with E-state index in [1.54, 1.807) is 21.8 Å². The van der Waals surface area contributed by atoms with Crippen LogP contribution in [0.25, 0.3) is 11.4 Å². The van der Waals surface area contributed by atoms with E-state index in [1.165, 1.54) is 16.9 Å². The van der Waals surface area contributed by atoms with E-state index in [0.29, 0.717) is 49.4 Å². The molecule has 1 aliphatic rings. The lowest BCUT2D eigenvalue weighted by molar-refractivity contribution is 0.0652. The average Bonchev–Trinajstić information content (AvgIpc) is 3.56. The number of rotatable bonds is 11. The average molecular weight is 585 g/mol. The number of halogens is 1. The van der Waals surface area contributed by atoms with Crippen molar-refractivity contribution < 1.29 is 23.4 Å². The minimum atomic E-state index is -1.19. The van der Waals surface area contributed by atoms with Crippen molar-refractivity contribution in [1.29, 1.82) is 5.26 Å². The predicted octanol–water partition coefficient (Wildman–Crippen LogP) is 4.62. The van der Waals surface area contributed by atoms with Crippen LogP contribution in [0, 0.1) is 17.1 Å². The van der Waals surface area contributed by atoms with Crippen LogP contribution >= 0.6 is 0 Å². The van der Waals surface area contributed by atoms with Crippen LogP contribution in [0.5, 0.6) is 5.75 Å². The molecule has 220 valence electrons. The zero-order chi connectivity index (χ0) is 29.6. The minimum Gasteiger partial charge on any atom is -0.486 e. The van der Waals surface area contributed by atoms with Crippen molar-refractivity contribution in [2.24, 2.45) is 0 Å². The van der Waals surface area contributed by atoms with Crippen LogP contribution in [0.4, 0.5) is 9.18 Å². The number of tetrazole rings is 1. The first-order valence-corrected chi connectivity index (χ1v) is 17.4. The van der Waals surface area contributed by atoms with Crippen LogP contribution in [-0.4, -0.2) is 74.9 Å². The van der Waals surface area contributed by atoms with E-state index in [2.05, 4.69) is 46.2 Å². The number of hydrogen-bond donors (Lipinski definition) is 0. The van der Waals surface area contributed by atoms with E-state index < -0.39 is 13.9 Å². The van der Waals surface area contributed by atoms with E-state index in [4.69, 9.17) is 14.2 Å². The summed E-state index contributed by atoms with van der Waals surface area (Å²) in [6.07, 6.45) is 2.34. The number of carbonyl (C=O) groups excluding carboxylic acids is 1. The first-order chi connectivity index (χ1) is 19.5. The monoisotopic (exact) mass is 584 g/mol. The summed E-state index contributed by atoms with van der Waals surface area (Å²) >= 11 is 0. The number of amides is 1. The summed E-state index contributed by atoms with van der Waals surface area (Å²) in [5.74, 6) is -0.276. The Hall–Kier alpha value is -3.83. The van der Waals surface area contributed by atoms with Gasteiger partial charge in [-0.3, -0.25) is 4.68 Å². The Labute approximate surface area is 240 Å². The van der Waals surface area contributed by atoms with Gasteiger partial charge in [-0.2, -0.15) is 10.4 Å². The maximum absolute atomic E-state index is 14.9. The summed E-state index contributed by atoms with van der Waals surface area (Å²) in [4.78, 5) is 15.2. The third-order valence-electron chi connectivity index (χ3n) is 6.61. The zero-order valence-corrected chi connectivity index (χ0v) is 25.2. The zero-order valence-electron chi connectivity index (χ0n) is 24.2. The lowest BCUT2D eigenvalue weighted by atomic mass is 10.1. The molecule has 12 nitrogen and oxygen atoms in total. The van der Waals surface area contributed by atoms with Crippen molar-refractivity contribution in [1.82, 2.24) is 34.9 Å². The SMILES string of the molecule is CC(C)OC(=O)N1CCC(n2ncc(COc3ccc(-c4nnn(COCC[Si](C)(C)C)n4)cc3F)c2C#N)CC1. The third-order valence-corrected chi connectivity index (χ3v) is 8.32. The van der Waals surface area contributed by atoms with Gasteiger partial charge in [0.2, 0.25) is 5.82 Å². The highest BCUT2D eigenvalue weighted by Crippen LogP contribution is 2.27. The maximum Gasteiger partial charge on any atom is 0.410 e. The molecule has 41 heavy (non-hydrogen) atoms. The molecular weight excluding hydrogens is 547 g/mol. The van der Waals surface area contributed by atoms with Gasteiger partial charge in [-0.1, -0.05) is 19.6 Å². The van der Waals surface area contributed by atoms with Gasteiger partial charge in [-0.05, 0) is 56.1 Å². The summed E-state index contributed by atoms with van der Waals surface area (Å²) < 4.78 is 33.2. The van der Waals surface area contributed by atoms with Crippen molar-refractivity contribution in [2.45, 2.75) is 77.9 Å². The Morgan fingerprint density at radius 3 is 2.66 bits per heavy atom. The lowest BCUT2D eigenvalue weighted by Gasteiger charge is -2.32. The molecule has 2 aromatic heterocycles. The molecule has 0 atom stereocenters. The lowest BCUT2D eigenvalue weighted by Crippen LogP contribution is -2.40. The van der Waals surface area contributed by atoms with E-state index in [1.807, 2.05) is 13.8 Å². The Balaban J connectivity index is 1.33. The van der Waals surface area contributed by atoms with E-state index in [9.17, 15) is 14.4 Å². The molecule has 0 unspecified atom stereocenters. The standard InChI is InChI=1S/C27H37FN8O4Si/c1-19(2)40-27(37)34-10-8-22(9-11-34)36-24(15-29)21(16-30-36)17-39-25-7-6-20(14-23(25)28)26-31-33-35(32-26)18-38-12-13-41(3,4)5/h6-7,14,16,19,22H,8-13,17-18H2,1-5H3. The highest BCUT2D eigenvalue weighted by Gasteiger charge is 2.28. The van der Waals surface area contributed by atoms with Gasteiger partial charge >= 0.3 is 6.09 Å². The molecule has 14 heteroatoms.